The van der Waals surface area contributed by atoms with Gasteiger partial charge in [-0.25, -0.2) is 4.79 Å². The lowest BCUT2D eigenvalue weighted by molar-refractivity contribution is -0.385. The van der Waals surface area contributed by atoms with Crippen molar-refractivity contribution in [1.82, 2.24) is 0 Å². The number of carbonyl (C=O) groups excluding carboxylic acids is 1. The van der Waals surface area contributed by atoms with Gasteiger partial charge in [0.15, 0.2) is 6.04 Å². The maximum Gasteiger partial charge on any atom is 0.331 e. The summed E-state index contributed by atoms with van der Waals surface area (Å²) in [5.41, 5.74) is 1.63. The molecule has 0 bridgehead atoms. The Balaban J connectivity index is 1.80. The van der Waals surface area contributed by atoms with Crippen molar-refractivity contribution in [3.63, 3.8) is 0 Å². The molecule has 7 nitrogen and oxygen atoms in total. The molecule has 0 heterocycles. The quantitative estimate of drug-likeness (QED) is 0.101. The number of carbonyl (C=O) groups is 1. The maximum absolute atomic E-state index is 13.5. The van der Waals surface area contributed by atoms with Crippen LogP contribution in [0.2, 0.25) is 0 Å². The Kier molecular flexibility index (Phi) is 8.51. The molecule has 4 aromatic rings. The summed E-state index contributed by atoms with van der Waals surface area (Å²) in [5.74, 6) is 0.435. The number of esters is 1. The third-order valence-corrected chi connectivity index (χ3v) is 5.70. The van der Waals surface area contributed by atoms with Crippen LogP contribution in [0, 0.1) is 10.1 Å². The van der Waals surface area contributed by atoms with E-state index >= 15 is 0 Å². The maximum atomic E-state index is 13.5. The van der Waals surface area contributed by atoms with Crippen LogP contribution in [0.5, 0.6) is 11.5 Å². The van der Waals surface area contributed by atoms with E-state index in [1.54, 1.807) is 45.0 Å². The van der Waals surface area contributed by atoms with Gasteiger partial charge >= 0.3 is 5.97 Å². The minimum atomic E-state index is -1.05. The van der Waals surface area contributed by atoms with Crippen molar-refractivity contribution in [2.75, 3.05) is 0 Å². The number of hydrogen-bond acceptors (Lipinski definition) is 6. The fourth-order valence-electron chi connectivity index (χ4n) is 4.01. The molecule has 198 valence electrons. The fourth-order valence-corrected chi connectivity index (χ4v) is 4.01. The van der Waals surface area contributed by atoms with Crippen LogP contribution in [0.4, 0.5) is 5.69 Å². The number of benzene rings is 4. The molecule has 7 heteroatoms. The zero-order valence-electron chi connectivity index (χ0n) is 22.1. The van der Waals surface area contributed by atoms with Crippen molar-refractivity contribution in [2.24, 2.45) is 4.99 Å². The lowest BCUT2D eigenvalue weighted by Gasteiger charge is -2.23. The standard InChI is InChI=1S/C32H30N2O5/c1-32(2,3)39-31(35)28(33-30(23-13-7-4-8-14-23)24-15-9-5-10-16-24)22-25-21-27(19-20-29(25)34(36)37)38-26-17-11-6-12-18-26/h4-21,28H,22H2,1-3H3/t28-/m0/s1. The normalized spacial score (nSPS) is 11.8. The highest BCUT2D eigenvalue weighted by atomic mass is 16.6. The van der Waals surface area contributed by atoms with E-state index in [0.29, 0.717) is 22.8 Å². The first-order chi connectivity index (χ1) is 18.7. The van der Waals surface area contributed by atoms with Gasteiger partial charge in [0, 0.05) is 29.2 Å². The topological polar surface area (TPSA) is 91.0 Å². The molecule has 0 amide bonds. The summed E-state index contributed by atoms with van der Waals surface area (Å²) >= 11 is 0. The van der Waals surface area contributed by atoms with Crippen molar-refractivity contribution in [2.45, 2.75) is 38.8 Å². The molecule has 1 atom stereocenters. The van der Waals surface area contributed by atoms with Crippen molar-refractivity contribution in [3.05, 3.63) is 136 Å². The third kappa shape index (κ3) is 7.61. The Bertz CT molecular complexity index is 1410. The summed E-state index contributed by atoms with van der Waals surface area (Å²) in [4.78, 5) is 29.9. The first-order valence-electron chi connectivity index (χ1n) is 12.6. The average molecular weight is 523 g/mol. The van der Waals surface area contributed by atoms with Crippen LogP contribution in [-0.4, -0.2) is 28.2 Å². The van der Waals surface area contributed by atoms with E-state index in [2.05, 4.69) is 0 Å². The molecule has 0 aromatic heterocycles. The predicted molar refractivity (Wildman–Crippen MR) is 151 cm³/mol. The lowest BCUT2D eigenvalue weighted by atomic mass is 10.00. The Morgan fingerprint density at radius 2 is 1.36 bits per heavy atom. The second-order valence-corrected chi connectivity index (χ2v) is 9.93. The van der Waals surface area contributed by atoms with E-state index < -0.39 is 22.5 Å². The predicted octanol–water partition coefficient (Wildman–Crippen LogP) is 7.18. The molecular formula is C32H30N2O5. The van der Waals surface area contributed by atoms with Crippen LogP contribution < -0.4 is 4.74 Å². The van der Waals surface area contributed by atoms with E-state index in [1.807, 2.05) is 78.9 Å². The number of nitrogens with zero attached hydrogens (tertiary/aromatic N) is 2. The first kappa shape index (κ1) is 27.3. The molecule has 0 saturated carbocycles. The summed E-state index contributed by atoms with van der Waals surface area (Å²) in [6, 6.07) is 31.6. The van der Waals surface area contributed by atoms with E-state index in [1.165, 1.54) is 6.07 Å². The van der Waals surface area contributed by atoms with Gasteiger partial charge in [0.05, 0.1) is 10.6 Å². The molecule has 4 rings (SSSR count). The Morgan fingerprint density at radius 1 is 0.821 bits per heavy atom. The molecule has 0 saturated heterocycles. The van der Waals surface area contributed by atoms with E-state index in [4.69, 9.17) is 14.5 Å². The molecule has 0 N–H and O–H groups in total. The Labute approximate surface area is 227 Å². The highest BCUT2D eigenvalue weighted by Gasteiger charge is 2.29. The van der Waals surface area contributed by atoms with E-state index in [9.17, 15) is 14.9 Å². The van der Waals surface area contributed by atoms with Gasteiger partial charge in [-0.2, -0.15) is 0 Å². The number of nitro groups is 1. The van der Waals surface area contributed by atoms with Gasteiger partial charge in [-0.3, -0.25) is 15.1 Å². The minimum Gasteiger partial charge on any atom is -0.458 e. The van der Waals surface area contributed by atoms with E-state index in [-0.39, 0.29) is 12.1 Å². The van der Waals surface area contributed by atoms with Gasteiger partial charge in [-0.15, -0.1) is 0 Å². The molecule has 39 heavy (non-hydrogen) atoms. The zero-order chi connectivity index (χ0) is 27.8. The summed E-state index contributed by atoms with van der Waals surface area (Å²) < 4.78 is 11.6. The molecule has 0 aliphatic rings. The monoisotopic (exact) mass is 522 g/mol. The SMILES string of the molecule is CC(C)(C)OC(=O)[C@H](Cc1cc(Oc2ccccc2)ccc1[N+](=O)[O-])N=C(c1ccccc1)c1ccccc1. The molecule has 0 aliphatic heterocycles. The number of rotatable bonds is 9. The van der Waals surface area contributed by atoms with Crippen LogP contribution in [0.3, 0.4) is 0 Å². The minimum absolute atomic E-state index is 0.0552. The van der Waals surface area contributed by atoms with Crippen molar-refractivity contribution >= 4 is 17.4 Å². The molecule has 0 radical (unpaired) electrons. The van der Waals surface area contributed by atoms with Crippen LogP contribution in [0.15, 0.2) is 114 Å². The second kappa shape index (κ2) is 12.2. The van der Waals surface area contributed by atoms with Crippen molar-refractivity contribution in [1.29, 1.82) is 0 Å². The Morgan fingerprint density at radius 3 is 1.87 bits per heavy atom. The summed E-state index contributed by atoms with van der Waals surface area (Å²) in [6.45, 7) is 5.33. The van der Waals surface area contributed by atoms with Gasteiger partial charge in [0.25, 0.3) is 5.69 Å². The fraction of sp³-hybridized carbons (Fsp3) is 0.188. The van der Waals surface area contributed by atoms with Gasteiger partial charge in [-0.1, -0.05) is 78.9 Å². The second-order valence-electron chi connectivity index (χ2n) is 9.93. The van der Waals surface area contributed by atoms with Crippen LogP contribution >= 0.6 is 0 Å². The highest BCUT2D eigenvalue weighted by Crippen LogP contribution is 2.30. The van der Waals surface area contributed by atoms with Crippen molar-refractivity contribution < 1.29 is 19.2 Å². The van der Waals surface area contributed by atoms with Gasteiger partial charge in [0.2, 0.25) is 0 Å². The molecule has 0 fully saturated rings. The summed E-state index contributed by atoms with van der Waals surface area (Å²) in [6.07, 6.45) is -0.0552. The van der Waals surface area contributed by atoms with Gasteiger partial charge in [0.1, 0.15) is 17.1 Å². The number of ether oxygens (including phenoxy) is 2. The molecule has 0 unspecified atom stereocenters. The molecular weight excluding hydrogens is 492 g/mol. The highest BCUT2D eigenvalue weighted by molar-refractivity contribution is 6.13. The number of aliphatic imine (C=N–C) groups is 1. The number of nitro benzene ring substituents is 1. The van der Waals surface area contributed by atoms with Crippen LogP contribution in [0.1, 0.15) is 37.5 Å². The van der Waals surface area contributed by atoms with Crippen molar-refractivity contribution in [3.8, 4) is 11.5 Å². The smallest absolute Gasteiger partial charge is 0.331 e. The summed E-state index contributed by atoms with van der Waals surface area (Å²) in [5, 5.41) is 11.9. The lowest BCUT2D eigenvalue weighted by Crippen LogP contribution is -2.33. The first-order valence-corrected chi connectivity index (χ1v) is 12.6. The zero-order valence-corrected chi connectivity index (χ0v) is 22.1. The number of hydrogen-bond donors (Lipinski definition) is 0. The molecule has 0 spiro atoms. The van der Waals surface area contributed by atoms with Crippen LogP contribution in [0.25, 0.3) is 0 Å². The van der Waals surface area contributed by atoms with Gasteiger partial charge in [-0.05, 0) is 45.0 Å². The average Bonchev–Trinajstić information content (AvgIpc) is 2.91. The van der Waals surface area contributed by atoms with Gasteiger partial charge < -0.3 is 9.47 Å². The largest absolute Gasteiger partial charge is 0.458 e. The molecule has 0 aliphatic carbocycles. The summed E-state index contributed by atoms with van der Waals surface area (Å²) in [7, 11) is 0. The third-order valence-electron chi connectivity index (χ3n) is 5.70. The molecule has 4 aromatic carbocycles. The van der Waals surface area contributed by atoms with Crippen LogP contribution in [-0.2, 0) is 16.0 Å². The number of para-hydroxylation sites is 1. The van der Waals surface area contributed by atoms with E-state index in [0.717, 1.165) is 11.1 Å². The Hall–Kier alpha value is -4.78.